The van der Waals surface area contributed by atoms with Crippen molar-refractivity contribution < 1.29 is 5.11 Å². The van der Waals surface area contributed by atoms with Gasteiger partial charge in [0, 0.05) is 12.2 Å². The minimum Gasteiger partial charge on any atom is -0.388 e. The molecule has 18 heavy (non-hydrogen) atoms. The highest BCUT2D eigenvalue weighted by atomic mass is 16.3. The Morgan fingerprint density at radius 2 is 2.06 bits per heavy atom. The summed E-state index contributed by atoms with van der Waals surface area (Å²) in [5.41, 5.74) is 3.23. The summed E-state index contributed by atoms with van der Waals surface area (Å²) in [7, 11) is 0. The Balaban J connectivity index is 2.05. The third kappa shape index (κ3) is 3.03. The van der Waals surface area contributed by atoms with Gasteiger partial charge in [0.1, 0.15) is 0 Å². The standard InChI is InChI=1S/C15H24N2O/c1-3-13-6-4-5-12(2)14(13)17-11-15(18)7-9-16-10-8-15/h4-6,16-18H,3,7-11H2,1-2H3. The number of nitrogens with one attached hydrogen (secondary N) is 2. The van der Waals surface area contributed by atoms with Gasteiger partial charge in [0.25, 0.3) is 0 Å². The van der Waals surface area contributed by atoms with Gasteiger partial charge in [-0.2, -0.15) is 0 Å². The molecule has 0 saturated carbocycles. The number of piperidine rings is 1. The lowest BCUT2D eigenvalue weighted by Crippen LogP contribution is -2.46. The summed E-state index contributed by atoms with van der Waals surface area (Å²) in [6.07, 6.45) is 2.67. The highest BCUT2D eigenvalue weighted by Crippen LogP contribution is 2.24. The Bertz CT molecular complexity index is 397. The maximum atomic E-state index is 10.5. The molecule has 3 N–H and O–H groups in total. The molecule has 1 aliphatic heterocycles. The monoisotopic (exact) mass is 248 g/mol. The van der Waals surface area contributed by atoms with Gasteiger partial charge in [-0.05, 0) is 50.4 Å². The van der Waals surface area contributed by atoms with E-state index in [2.05, 4.69) is 42.7 Å². The molecule has 1 heterocycles. The van der Waals surface area contributed by atoms with E-state index in [0.29, 0.717) is 6.54 Å². The van der Waals surface area contributed by atoms with Crippen molar-refractivity contribution in [2.45, 2.75) is 38.7 Å². The Morgan fingerprint density at radius 1 is 1.33 bits per heavy atom. The van der Waals surface area contributed by atoms with Gasteiger partial charge in [-0.1, -0.05) is 25.1 Å². The molecule has 3 nitrogen and oxygen atoms in total. The maximum absolute atomic E-state index is 10.5. The highest BCUT2D eigenvalue weighted by Gasteiger charge is 2.28. The van der Waals surface area contributed by atoms with Crippen LogP contribution in [0.15, 0.2) is 18.2 Å². The van der Waals surface area contributed by atoms with Crippen LogP contribution in [0.25, 0.3) is 0 Å². The van der Waals surface area contributed by atoms with E-state index in [1.54, 1.807) is 0 Å². The Morgan fingerprint density at radius 3 is 2.72 bits per heavy atom. The second-order valence-electron chi connectivity index (χ2n) is 5.29. The Hall–Kier alpha value is -1.06. The second kappa shape index (κ2) is 5.72. The van der Waals surface area contributed by atoms with Crippen LogP contribution in [-0.4, -0.2) is 30.3 Å². The van der Waals surface area contributed by atoms with E-state index in [1.807, 2.05) is 0 Å². The summed E-state index contributed by atoms with van der Waals surface area (Å²) in [5, 5.41) is 17.2. The Labute approximate surface area is 110 Å². The van der Waals surface area contributed by atoms with Crippen molar-refractivity contribution in [1.29, 1.82) is 0 Å². The normalized spacial score (nSPS) is 18.6. The first kappa shape index (κ1) is 13.4. The fraction of sp³-hybridized carbons (Fsp3) is 0.600. The number of anilines is 1. The maximum Gasteiger partial charge on any atom is 0.0843 e. The molecule has 2 rings (SSSR count). The first-order chi connectivity index (χ1) is 8.64. The van der Waals surface area contributed by atoms with E-state index < -0.39 is 5.60 Å². The van der Waals surface area contributed by atoms with E-state index in [-0.39, 0.29) is 0 Å². The number of hydrogen-bond acceptors (Lipinski definition) is 3. The summed E-state index contributed by atoms with van der Waals surface area (Å²) in [6.45, 7) is 6.75. The zero-order valence-corrected chi connectivity index (χ0v) is 11.4. The van der Waals surface area contributed by atoms with Crippen molar-refractivity contribution >= 4 is 5.69 Å². The third-order valence-corrected chi connectivity index (χ3v) is 3.87. The first-order valence-corrected chi connectivity index (χ1v) is 6.90. The van der Waals surface area contributed by atoms with Gasteiger partial charge in [0.15, 0.2) is 0 Å². The lowest BCUT2D eigenvalue weighted by Gasteiger charge is -2.33. The van der Waals surface area contributed by atoms with E-state index in [1.165, 1.54) is 16.8 Å². The lowest BCUT2D eigenvalue weighted by molar-refractivity contribution is 0.0232. The van der Waals surface area contributed by atoms with Crippen LogP contribution in [-0.2, 0) is 6.42 Å². The van der Waals surface area contributed by atoms with Gasteiger partial charge >= 0.3 is 0 Å². The average Bonchev–Trinajstić information content (AvgIpc) is 2.38. The van der Waals surface area contributed by atoms with E-state index >= 15 is 0 Å². The SMILES string of the molecule is CCc1cccc(C)c1NCC1(O)CCNCC1. The number of rotatable bonds is 4. The van der Waals surface area contributed by atoms with Gasteiger partial charge in [-0.15, -0.1) is 0 Å². The van der Waals surface area contributed by atoms with Crippen molar-refractivity contribution in [1.82, 2.24) is 5.32 Å². The molecule has 1 aliphatic rings. The quantitative estimate of drug-likeness (QED) is 0.764. The van der Waals surface area contributed by atoms with Gasteiger partial charge < -0.3 is 15.7 Å². The van der Waals surface area contributed by atoms with Crippen LogP contribution in [0.3, 0.4) is 0 Å². The van der Waals surface area contributed by atoms with Crippen LogP contribution in [0.4, 0.5) is 5.69 Å². The topological polar surface area (TPSA) is 44.3 Å². The predicted octanol–water partition coefficient (Wildman–Crippen LogP) is 2.08. The van der Waals surface area contributed by atoms with E-state index in [0.717, 1.165) is 32.4 Å². The van der Waals surface area contributed by atoms with E-state index in [4.69, 9.17) is 0 Å². The fourth-order valence-electron chi connectivity index (χ4n) is 2.60. The summed E-state index contributed by atoms with van der Waals surface area (Å²) in [6, 6.07) is 6.37. The number of para-hydroxylation sites is 1. The highest BCUT2D eigenvalue weighted by molar-refractivity contribution is 5.57. The van der Waals surface area contributed by atoms with E-state index in [9.17, 15) is 5.11 Å². The molecule has 0 unspecified atom stereocenters. The van der Waals surface area contributed by atoms with Crippen molar-refractivity contribution in [3.05, 3.63) is 29.3 Å². The molecular formula is C15H24N2O. The number of hydrogen-bond donors (Lipinski definition) is 3. The van der Waals surface area contributed by atoms with Gasteiger partial charge in [0.05, 0.1) is 5.60 Å². The minimum absolute atomic E-state index is 0.557. The molecule has 0 atom stereocenters. The number of aryl methyl sites for hydroxylation is 2. The van der Waals surface area contributed by atoms with Gasteiger partial charge in [-0.3, -0.25) is 0 Å². The Kier molecular flexibility index (Phi) is 4.25. The summed E-state index contributed by atoms with van der Waals surface area (Å²) in [5.74, 6) is 0. The van der Waals surface area contributed by atoms with Gasteiger partial charge in [0.2, 0.25) is 0 Å². The molecular weight excluding hydrogens is 224 g/mol. The summed E-state index contributed by atoms with van der Waals surface area (Å²) < 4.78 is 0. The summed E-state index contributed by atoms with van der Waals surface area (Å²) in [4.78, 5) is 0. The fourth-order valence-corrected chi connectivity index (χ4v) is 2.60. The van der Waals surface area contributed by atoms with Gasteiger partial charge in [-0.25, -0.2) is 0 Å². The first-order valence-electron chi connectivity index (χ1n) is 6.90. The van der Waals surface area contributed by atoms with Crippen LogP contribution in [0.2, 0.25) is 0 Å². The smallest absolute Gasteiger partial charge is 0.0843 e. The molecule has 1 aromatic rings. The largest absolute Gasteiger partial charge is 0.388 e. The van der Waals surface area contributed by atoms with Crippen molar-refractivity contribution in [2.75, 3.05) is 25.0 Å². The van der Waals surface area contributed by atoms with Crippen LogP contribution in [0, 0.1) is 6.92 Å². The third-order valence-electron chi connectivity index (χ3n) is 3.87. The minimum atomic E-state index is -0.557. The molecule has 0 bridgehead atoms. The van der Waals surface area contributed by atoms with Crippen LogP contribution < -0.4 is 10.6 Å². The molecule has 1 fully saturated rings. The van der Waals surface area contributed by atoms with Crippen molar-refractivity contribution in [3.8, 4) is 0 Å². The molecule has 0 aromatic heterocycles. The van der Waals surface area contributed by atoms with Crippen LogP contribution >= 0.6 is 0 Å². The molecule has 100 valence electrons. The number of aliphatic hydroxyl groups is 1. The van der Waals surface area contributed by atoms with Crippen molar-refractivity contribution in [3.63, 3.8) is 0 Å². The predicted molar refractivity (Wildman–Crippen MR) is 76.1 cm³/mol. The molecule has 0 amide bonds. The van der Waals surface area contributed by atoms with Crippen LogP contribution in [0.1, 0.15) is 30.9 Å². The lowest BCUT2D eigenvalue weighted by atomic mass is 9.92. The molecule has 3 heteroatoms. The zero-order chi connectivity index (χ0) is 13.0. The van der Waals surface area contributed by atoms with Crippen LogP contribution in [0.5, 0.6) is 0 Å². The molecule has 0 radical (unpaired) electrons. The van der Waals surface area contributed by atoms with Crippen molar-refractivity contribution in [2.24, 2.45) is 0 Å². The molecule has 1 saturated heterocycles. The molecule has 0 aliphatic carbocycles. The average molecular weight is 248 g/mol. The summed E-state index contributed by atoms with van der Waals surface area (Å²) >= 11 is 0. The molecule has 1 aromatic carbocycles. The second-order valence-corrected chi connectivity index (χ2v) is 5.29. The molecule has 0 spiro atoms. The zero-order valence-electron chi connectivity index (χ0n) is 11.4. The number of benzene rings is 1.